The Morgan fingerprint density at radius 2 is 1.92 bits per heavy atom. The summed E-state index contributed by atoms with van der Waals surface area (Å²) in [6.07, 6.45) is 6.98. The van der Waals surface area contributed by atoms with Gasteiger partial charge in [-0.3, -0.25) is 0 Å². The molecule has 1 aliphatic rings. The van der Waals surface area contributed by atoms with E-state index in [4.69, 9.17) is 4.74 Å². The van der Waals surface area contributed by atoms with E-state index in [0.29, 0.717) is 5.92 Å². The lowest BCUT2D eigenvalue weighted by atomic mass is 9.83. The summed E-state index contributed by atoms with van der Waals surface area (Å²) in [5, 5.41) is 10.0. The summed E-state index contributed by atoms with van der Waals surface area (Å²) in [5.41, 5.74) is 0. The largest absolute Gasteiger partial charge is 0.390 e. The van der Waals surface area contributed by atoms with E-state index in [-0.39, 0.29) is 12.2 Å². The molecule has 0 amide bonds. The van der Waals surface area contributed by atoms with E-state index < -0.39 is 0 Å². The molecule has 2 nitrogen and oxygen atoms in total. The first kappa shape index (κ1) is 11.0. The van der Waals surface area contributed by atoms with Gasteiger partial charge in [-0.05, 0) is 25.2 Å². The maximum atomic E-state index is 10.0. The summed E-state index contributed by atoms with van der Waals surface area (Å²) in [6.45, 7) is 2.07. The molecule has 78 valence electrons. The molecule has 0 spiro atoms. The fourth-order valence-electron chi connectivity index (χ4n) is 2.33. The second-order valence-electron chi connectivity index (χ2n) is 4.07. The van der Waals surface area contributed by atoms with Crippen LogP contribution in [0.3, 0.4) is 0 Å². The highest BCUT2D eigenvalue weighted by Crippen LogP contribution is 2.28. The lowest BCUT2D eigenvalue weighted by Crippen LogP contribution is -2.35. The van der Waals surface area contributed by atoms with Crippen molar-refractivity contribution in [1.29, 1.82) is 0 Å². The van der Waals surface area contributed by atoms with Crippen molar-refractivity contribution in [2.24, 2.45) is 5.92 Å². The van der Waals surface area contributed by atoms with Gasteiger partial charge in [0.05, 0.1) is 12.2 Å². The molecule has 0 heterocycles. The minimum atomic E-state index is -0.240. The maximum Gasteiger partial charge on any atom is 0.0830 e. The third-order valence-corrected chi connectivity index (χ3v) is 3.22. The van der Waals surface area contributed by atoms with E-state index in [9.17, 15) is 5.11 Å². The Labute approximate surface area is 81.3 Å². The lowest BCUT2D eigenvalue weighted by molar-refractivity contribution is -0.0505. The zero-order valence-corrected chi connectivity index (χ0v) is 8.83. The van der Waals surface area contributed by atoms with E-state index in [2.05, 4.69) is 6.92 Å². The summed E-state index contributed by atoms with van der Waals surface area (Å²) in [5.74, 6) is 0.485. The van der Waals surface area contributed by atoms with Crippen LogP contribution in [0.5, 0.6) is 0 Å². The molecule has 1 rings (SSSR count). The first-order chi connectivity index (χ1) is 6.29. The van der Waals surface area contributed by atoms with Crippen LogP contribution in [0.2, 0.25) is 0 Å². The highest BCUT2D eigenvalue weighted by molar-refractivity contribution is 4.78. The number of hydrogen-bond acceptors (Lipinski definition) is 2. The molecule has 1 N–H and O–H groups in total. The maximum absolute atomic E-state index is 10.0. The smallest absolute Gasteiger partial charge is 0.0830 e. The van der Waals surface area contributed by atoms with Crippen LogP contribution in [0.1, 0.15) is 45.4 Å². The molecule has 2 heteroatoms. The molecule has 0 aromatic carbocycles. The van der Waals surface area contributed by atoms with Gasteiger partial charge in [-0.15, -0.1) is 0 Å². The Kier molecular flexibility index (Phi) is 4.74. The lowest BCUT2D eigenvalue weighted by Gasteiger charge is -2.30. The van der Waals surface area contributed by atoms with Crippen LogP contribution in [0.25, 0.3) is 0 Å². The first-order valence-corrected chi connectivity index (χ1v) is 5.50. The molecule has 0 radical (unpaired) electrons. The van der Waals surface area contributed by atoms with E-state index in [0.717, 1.165) is 6.42 Å². The minimum absolute atomic E-state index is 0.0445. The zero-order chi connectivity index (χ0) is 9.68. The zero-order valence-electron chi connectivity index (χ0n) is 8.83. The van der Waals surface area contributed by atoms with Crippen molar-refractivity contribution in [3.8, 4) is 0 Å². The van der Waals surface area contributed by atoms with Crippen LogP contribution in [0.4, 0.5) is 0 Å². The average Bonchev–Trinajstić information content (AvgIpc) is 2.21. The van der Waals surface area contributed by atoms with Crippen molar-refractivity contribution in [2.45, 2.75) is 57.7 Å². The number of rotatable bonds is 4. The number of ether oxygens (including phenoxy) is 1. The van der Waals surface area contributed by atoms with Gasteiger partial charge < -0.3 is 9.84 Å². The fourth-order valence-corrected chi connectivity index (χ4v) is 2.33. The predicted molar refractivity (Wildman–Crippen MR) is 53.7 cm³/mol. The van der Waals surface area contributed by atoms with Crippen LogP contribution < -0.4 is 0 Å². The normalized spacial score (nSPS) is 24.2. The molecular weight excluding hydrogens is 164 g/mol. The topological polar surface area (TPSA) is 29.5 Å². The van der Waals surface area contributed by atoms with E-state index in [1.807, 2.05) is 0 Å². The molecule has 0 bridgehead atoms. The van der Waals surface area contributed by atoms with Crippen molar-refractivity contribution in [2.75, 3.05) is 7.11 Å². The van der Waals surface area contributed by atoms with Crippen LogP contribution in [0.15, 0.2) is 0 Å². The second kappa shape index (κ2) is 5.61. The summed E-state index contributed by atoms with van der Waals surface area (Å²) in [7, 11) is 1.69. The van der Waals surface area contributed by atoms with Gasteiger partial charge in [-0.2, -0.15) is 0 Å². The van der Waals surface area contributed by atoms with Gasteiger partial charge in [-0.1, -0.05) is 26.2 Å². The van der Waals surface area contributed by atoms with Crippen molar-refractivity contribution in [3.05, 3.63) is 0 Å². The van der Waals surface area contributed by atoms with Gasteiger partial charge in [0.2, 0.25) is 0 Å². The number of aliphatic hydroxyl groups is 1. The average molecular weight is 186 g/mol. The van der Waals surface area contributed by atoms with Crippen molar-refractivity contribution in [1.82, 2.24) is 0 Å². The van der Waals surface area contributed by atoms with Crippen molar-refractivity contribution < 1.29 is 9.84 Å². The number of aliphatic hydroxyl groups excluding tert-OH is 1. The fraction of sp³-hybridized carbons (Fsp3) is 1.00. The molecule has 1 fully saturated rings. The quantitative estimate of drug-likeness (QED) is 0.730. The molecule has 0 saturated heterocycles. The first-order valence-electron chi connectivity index (χ1n) is 5.50. The van der Waals surface area contributed by atoms with Crippen molar-refractivity contribution >= 4 is 0 Å². The monoisotopic (exact) mass is 186 g/mol. The van der Waals surface area contributed by atoms with Crippen LogP contribution >= 0.6 is 0 Å². The highest BCUT2D eigenvalue weighted by atomic mass is 16.5. The Bertz CT molecular complexity index is 126. The Morgan fingerprint density at radius 3 is 2.38 bits per heavy atom. The van der Waals surface area contributed by atoms with Gasteiger partial charge in [0, 0.05) is 7.11 Å². The highest BCUT2D eigenvalue weighted by Gasteiger charge is 2.27. The second-order valence-corrected chi connectivity index (χ2v) is 4.07. The van der Waals surface area contributed by atoms with Crippen LogP contribution in [-0.4, -0.2) is 24.4 Å². The van der Waals surface area contributed by atoms with Gasteiger partial charge in [-0.25, -0.2) is 0 Å². The summed E-state index contributed by atoms with van der Waals surface area (Å²) >= 11 is 0. The van der Waals surface area contributed by atoms with E-state index >= 15 is 0 Å². The van der Waals surface area contributed by atoms with Crippen LogP contribution in [0, 0.1) is 5.92 Å². The third kappa shape index (κ3) is 2.96. The van der Waals surface area contributed by atoms with Crippen LogP contribution in [-0.2, 0) is 4.74 Å². The molecule has 1 saturated carbocycles. The van der Waals surface area contributed by atoms with E-state index in [1.165, 1.54) is 32.1 Å². The van der Waals surface area contributed by atoms with Gasteiger partial charge in [0.25, 0.3) is 0 Å². The molecule has 13 heavy (non-hydrogen) atoms. The number of methoxy groups -OCH3 is 1. The molecule has 0 aromatic heterocycles. The standard InChI is InChI=1S/C11H22O2/c1-3-10(13-2)11(12)9-7-5-4-6-8-9/h9-12H,3-8H2,1-2H3. The third-order valence-electron chi connectivity index (χ3n) is 3.22. The predicted octanol–water partition coefficient (Wildman–Crippen LogP) is 2.35. The number of hydrogen-bond donors (Lipinski definition) is 1. The minimum Gasteiger partial charge on any atom is -0.390 e. The van der Waals surface area contributed by atoms with E-state index in [1.54, 1.807) is 7.11 Å². The molecule has 1 aliphatic carbocycles. The van der Waals surface area contributed by atoms with Gasteiger partial charge in [0.15, 0.2) is 0 Å². The Hall–Kier alpha value is -0.0800. The summed E-state index contributed by atoms with van der Waals surface area (Å²) in [6, 6.07) is 0. The SMILES string of the molecule is CCC(OC)C(O)C1CCCCC1. The van der Waals surface area contributed by atoms with Gasteiger partial charge >= 0.3 is 0 Å². The summed E-state index contributed by atoms with van der Waals surface area (Å²) in [4.78, 5) is 0. The molecule has 2 unspecified atom stereocenters. The molecule has 0 aromatic rings. The van der Waals surface area contributed by atoms with Gasteiger partial charge in [0.1, 0.15) is 0 Å². The molecule has 0 aliphatic heterocycles. The Morgan fingerprint density at radius 1 is 1.31 bits per heavy atom. The molecular formula is C11H22O2. The molecule has 2 atom stereocenters. The van der Waals surface area contributed by atoms with Crippen molar-refractivity contribution in [3.63, 3.8) is 0 Å². The summed E-state index contributed by atoms with van der Waals surface area (Å²) < 4.78 is 5.26. The Balaban J connectivity index is 2.38.